The Labute approximate surface area is 125 Å². The van der Waals surface area contributed by atoms with Crippen molar-refractivity contribution in [1.29, 1.82) is 0 Å². The van der Waals surface area contributed by atoms with Crippen molar-refractivity contribution in [2.45, 2.75) is 66.5 Å². The van der Waals surface area contributed by atoms with Crippen LogP contribution in [0.2, 0.25) is 0 Å². The molecule has 1 N–H and O–H groups in total. The van der Waals surface area contributed by atoms with Crippen LogP contribution in [0.3, 0.4) is 0 Å². The first kappa shape index (κ1) is 15.6. The van der Waals surface area contributed by atoms with Crippen molar-refractivity contribution in [2.24, 2.45) is 17.8 Å². The van der Waals surface area contributed by atoms with E-state index in [1.54, 1.807) is 0 Å². The van der Waals surface area contributed by atoms with Gasteiger partial charge in [-0.3, -0.25) is 0 Å². The summed E-state index contributed by atoms with van der Waals surface area (Å²) in [5.41, 5.74) is 4.23. The fourth-order valence-electron chi connectivity index (χ4n) is 3.72. The zero-order valence-electron chi connectivity index (χ0n) is 13.9. The van der Waals surface area contributed by atoms with E-state index in [2.05, 4.69) is 58.1 Å². The molecule has 0 spiro atoms. The second kappa shape index (κ2) is 6.76. The van der Waals surface area contributed by atoms with E-state index in [1.807, 2.05) is 0 Å². The maximum Gasteiger partial charge on any atom is 0.0210 e. The molecule has 1 fully saturated rings. The highest BCUT2D eigenvalue weighted by atomic mass is 14.9. The van der Waals surface area contributed by atoms with Crippen molar-refractivity contribution in [2.75, 3.05) is 0 Å². The lowest BCUT2D eigenvalue weighted by Crippen LogP contribution is -2.42. The van der Waals surface area contributed by atoms with Crippen LogP contribution in [0, 0.1) is 31.6 Å². The molecular formula is C19H31N. The molecule has 3 unspecified atom stereocenters. The highest BCUT2D eigenvalue weighted by Gasteiger charge is 2.30. The number of aryl methyl sites for hydroxylation is 2. The summed E-state index contributed by atoms with van der Waals surface area (Å²) in [7, 11) is 0. The molecule has 0 radical (unpaired) electrons. The summed E-state index contributed by atoms with van der Waals surface area (Å²) in [6, 6.07) is 7.50. The van der Waals surface area contributed by atoms with E-state index in [0.717, 1.165) is 24.3 Å². The van der Waals surface area contributed by atoms with Crippen LogP contribution >= 0.6 is 0 Å². The molecule has 0 bridgehead atoms. The van der Waals surface area contributed by atoms with Crippen molar-refractivity contribution in [1.82, 2.24) is 5.32 Å². The van der Waals surface area contributed by atoms with Gasteiger partial charge < -0.3 is 5.32 Å². The smallest absolute Gasteiger partial charge is 0.0210 e. The molecule has 1 nitrogen and oxygen atoms in total. The molecule has 0 heterocycles. The molecule has 20 heavy (non-hydrogen) atoms. The molecule has 1 aliphatic carbocycles. The summed E-state index contributed by atoms with van der Waals surface area (Å²) in [5.74, 6) is 2.51. The molecule has 3 atom stereocenters. The van der Waals surface area contributed by atoms with Gasteiger partial charge in [-0.25, -0.2) is 0 Å². The lowest BCUT2D eigenvalue weighted by molar-refractivity contribution is 0.169. The van der Waals surface area contributed by atoms with E-state index in [0.29, 0.717) is 6.04 Å². The Balaban J connectivity index is 2.00. The van der Waals surface area contributed by atoms with Crippen molar-refractivity contribution in [3.63, 3.8) is 0 Å². The molecule has 0 aromatic heterocycles. The average Bonchev–Trinajstić information content (AvgIpc) is 2.37. The van der Waals surface area contributed by atoms with Gasteiger partial charge in [0.15, 0.2) is 0 Å². The van der Waals surface area contributed by atoms with Crippen molar-refractivity contribution in [3.8, 4) is 0 Å². The van der Waals surface area contributed by atoms with Gasteiger partial charge in [0, 0.05) is 12.6 Å². The van der Waals surface area contributed by atoms with Gasteiger partial charge in [-0.15, -0.1) is 0 Å². The number of rotatable bonds is 4. The second-order valence-corrected chi connectivity index (χ2v) is 7.24. The molecule has 0 aliphatic heterocycles. The fourth-order valence-corrected chi connectivity index (χ4v) is 3.72. The second-order valence-electron chi connectivity index (χ2n) is 7.24. The summed E-state index contributed by atoms with van der Waals surface area (Å²) in [6.07, 6.45) is 4.14. The van der Waals surface area contributed by atoms with Gasteiger partial charge >= 0.3 is 0 Å². The highest BCUT2D eigenvalue weighted by Crippen LogP contribution is 2.33. The minimum Gasteiger partial charge on any atom is -0.310 e. The molecule has 112 valence electrons. The van der Waals surface area contributed by atoms with Crippen LogP contribution in [0.1, 0.15) is 56.7 Å². The summed E-state index contributed by atoms with van der Waals surface area (Å²) < 4.78 is 0. The van der Waals surface area contributed by atoms with Gasteiger partial charge in [0.2, 0.25) is 0 Å². The van der Waals surface area contributed by atoms with Gasteiger partial charge in [0.05, 0.1) is 0 Å². The van der Waals surface area contributed by atoms with Gasteiger partial charge in [-0.1, -0.05) is 51.0 Å². The van der Waals surface area contributed by atoms with E-state index >= 15 is 0 Å². The minimum atomic E-state index is 0.694. The third-order valence-electron chi connectivity index (χ3n) is 5.08. The van der Waals surface area contributed by atoms with E-state index in [-0.39, 0.29) is 0 Å². The standard InChI is InChI=1S/C19H31N/c1-13(2)18-9-7-15(4)11-19(18)20-12-17-8-6-14(3)10-16(17)5/h6,8,10,13,15,18-20H,7,9,11-12H2,1-5H3. The van der Waals surface area contributed by atoms with Gasteiger partial charge in [0.1, 0.15) is 0 Å². The molecule has 1 aromatic rings. The minimum absolute atomic E-state index is 0.694. The Bertz CT molecular complexity index is 435. The lowest BCUT2D eigenvalue weighted by Gasteiger charge is -2.38. The van der Waals surface area contributed by atoms with E-state index in [1.165, 1.54) is 36.0 Å². The van der Waals surface area contributed by atoms with E-state index < -0.39 is 0 Å². The van der Waals surface area contributed by atoms with Crippen LogP contribution in [0.15, 0.2) is 18.2 Å². The lowest BCUT2D eigenvalue weighted by atomic mass is 9.74. The topological polar surface area (TPSA) is 12.0 Å². The Morgan fingerprint density at radius 1 is 1.20 bits per heavy atom. The molecule has 1 aliphatic rings. The zero-order chi connectivity index (χ0) is 14.7. The fraction of sp³-hybridized carbons (Fsp3) is 0.684. The van der Waals surface area contributed by atoms with Crippen LogP contribution in [0.4, 0.5) is 0 Å². The Kier molecular flexibility index (Phi) is 5.26. The maximum absolute atomic E-state index is 3.86. The third-order valence-corrected chi connectivity index (χ3v) is 5.08. The third kappa shape index (κ3) is 3.85. The molecule has 2 rings (SSSR count). The van der Waals surface area contributed by atoms with Crippen LogP contribution in [-0.2, 0) is 6.54 Å². The number of nitrogens with one attached hydrogen (secondary N) is 1. The number of hydrogen-bond donors (Lipinski definition) is 1. The molecule has 1 heteroatoms. The van der Waals surface area contributed by atoms with Crippen LogP contribution in [-0.4, -0.2) is 6.04 Å². The highest BCUT2D eigenvalue weighted by molar-refractivity contribution is 5.30. The quantitative estimate of drug-likeness (QED) is 0.826. The van der Waals surface area contributed by atoms with Gasteiger partial charge in [-0.05, 0) is 55.6 Å². The zero-order valence-corrected chi connectivity index (χ0v) is 13.9. The van der Waals surface area contributed by atoms with Gasteiger partial charge in [0.25, 0.3) is 0 Å². The first-order valence-electron chi connectivity index (χ1n) is 8.27. The predicted octanol–water partition coefficient (Wildman–Crippen LogP) is 4.85. The number of benzene rings is 1. The van der Waals surface area contributed by atoms with Crippen molar-refractivity contribution >= 4 is 0 Å². The largest absolute Gasteiger partial charge is 0.310 e. The van der Waals surface area contributed by atoms with Crippen LogP contribution in [0.5, 0.6) is 0 Å². The monoisotopic (exact) mass is 273 g/mol. The first-order valence-corrected chi connectivity index (χ1v) is 8.27. The van der Waals surface area contributed by atoms with Crippen LogP contribution in [0.25, 0.3) is 0 Å². The molecule has 1 saturated carbocycles. The average molecular weight is 273 g/mol. The molecular weight excluding hydrogens is 242 g/mol. The SMILES string of the molecule is Cc1ccc(CNC2CC(C)CCC2C(C)C)c(C)c1. The summed E-state index contributed by atoms with van der Waals surface area (Å²) in [4.78, 5) is 0. The predicted molar refractivity (Wildman–Crippen MR) is 87.9 cm³/mol. The Morgan fingerprint density at radius 2 is 1.95 bits per heavy atom. The Hall–Kier alpha value is -0.820. The van der Waals surface area contributed by atoms with E-state index in [9.17, 15) is 0 Å². The molecule has 1 aromatic carbocycles. The number of hydrogen-bond acceptors (Lipinski definition) is 1. The maximum atomic E-state index is 3.86. The summed E-state index contributed by atoms with van der Waals surface area (Å²) in [5, 5.41) is 3.86. The van der Waals surface area contributed by atoms with Gasteiger partial charge in [-0.2, -0.15) is 0 Å². The summed E-state index contributed by atoms with van der Waals surface area (Å²) >= 11 is 0. The molecule has 0 saturated heterocycles. The van der Waals surface area contributed by atoms with Crippen molar-refractivity contribution in [3.05, 3.63) is 34.9 Å². The Morgan fingerprint density at radius 3 is 2.60 bits per heavy atom. The van der Waals surface area contributed by atoms with Crippen LogP contribution < -0.4 is 5.32 Å². The van der Waals surface area contributed by atoms with E-state index in [4.69, 9.17) is 0 Å². The summed E-state index contributed by atoms with van der Waals surface area (Å²) in [6.45, 7) is 12.6. The normalized spacial score (nSPS) is 27.0. The first-order chi connectivity index (χ1) is 9.47. The van der Waals surface area contributed by atoms with Crippen molar-refractivity contribution < 1.29 is 0 Å². The molecule has 0 amide bonds.